The van der Waals surface area contributed by atoms with Gasteiger partial charge in [0, 0.05) is 48.8 Å². The summed E-state index contributed by atoms with van der Waals surface area (Å²) in [5.74, 6) is 0. The molecule has 0 aromatic heterocycles. The molecule has 0 saturated heterocycles. The Hall–Kier alpha value is -9.08. The minimum atomic E-state index is 0.0816. The molecule has 110 heavy (non-hydrogen) atoms. The predicted molar refractivity (Wildman–Crippen MR) is 499 cm³/mol. The summed E-state index contributed by atoms with van der Waals surface area (Å²) in [6, 6.07) is 113. The fourth-order valence-electron chi connectivity index (χ4n) is 16.7. The zero-order chi connectivity index (χ0) is 76.9. The summed E-state index contributed by atoms with van der Waals surface area (Å²) in [6.45, 7) is 22.4. The van der Waals surface area contributed by atoms with Gasteiger partial charge in [0.2, 0.25) is 0 Å². The molecule has 0 atom stereocenters. The van der Waals surface area contributed by atoms with Gasteiger partial charge in [0.15, 0.2) is 0 Å². The van der Waals surface area contributed by atoms with Crippen molar-refractivity contribution in [2.75, 3.05) is 0 Å². The smallest absolute Gasteiger partial charge is 0.0332 e. The molecule has 0 saturated carbocycles. The van der Waals surface area contributed by atoms with E-state index in [0.29, 0.717) is 0 Å². The molecule has 2 aliphatic carbocycles. The highest BCUT2D eigenvalue weighted by molar-refractivity contribution is 9.11. The molecule has 0 spiro atoms. The van der Waals surface area contributed by atoms with Crippen LogP contribution in [0.1, 0.15) is 83.3 Å². The average Bonchev–Trinajstić information content (AvgIpc) is 1.64. The molecule has 0 amide bonds. The second-order valence-electron chi connectivity index (χ2n) is 30.0. The molecule has 0 radical (unpaired) electrons. The number of hydrogen-bond acceptors (Lipinski definition) is 0. The summed E-state index contributed by atoms with van der Waals surface area (Å²) < 4.78 is 6.86. The molecular formula is C104H82Br6. The summed E-state index contributed by atoms with van der Waals surface area (Å²) in [6.07, 6.45) is 0. The van der Waals surface area contributed by atoms with Crippen molar-refractivity contribution in [3.8, 4) is 44.5 Å². The molecule has 0 heterocycles. The van der Waals surface area contributed by atoms with Gasteiger partial charge in [-0.25, -0.2) is 0 Å². The Balaban J connectivity index is 0.000000105. The van der Waals surface area contributed by atoms with Crippen LogP contribution in [-0.2, 0) is 10.8 Å². The number of rotatable bonds is 2. The molecule has 0 unspecified atom stereocenters. The highest BCUT2D eigenvalue weighted by Crippen LogP contribution is 2.52. The van der Waals surface area contributed by atoms with Crippen molar-refractivity contribution in [2.24, 2.45) is 0 Å². The summed E-state index contributed by atoms with van der Waals surface area (Å²) in [7, 11) is 0. The molecule has 2 aliphatic rings. The summed E-state index contributed by atoms with van der Waals surface area (Å²) in [5.41, 5.74) is 24.9. The lowest BCUT2D eigenvalue weighted by Gasteiger charge is -2.22. The number of aryl methyl sites for hydroxylation is 6. The Labute approximate surface area is 697 Å². The Morgan fingerprint density at radius 2 is 0.445 bits per heavy atom. The first-order chi connectivity index (χ1) is 53.1. The summed E-state index contributed by atoms with van der Waals surface area (Å²) in [4.78, 5) is 0. The van der Waals surface area contributed by atoms with E-state index in [1.54, 1.807) is 0 Å². The molecule has 0 bridgehead atoms. The number of hydrogen-bond donors (Lipinski definition) is 0. The number of benzene rings is 18. The Bertz CT molecular complexity index is 5730. The van der Waals surface area contributed by atoms with Crippen molar-refractivity contribution in [3.05, 3.63) is 398 Å². The highest BCUT2D eigenvalue weighted by atomic mass is 79.9. The van der Waals surface area contributed by atoms with Crippen molar-refractivity contribution >= 4 is 182 Å². The highest BCUT2D eigenvalue weighted by Gasteiger charge is 2.37. The molecule has 18 aromatic rings. The monoisotopic (exact) mass is 1800 g/mol. The minimum absolute atomic E-state index is 0.0816. The number of fused-ring (bicyclic) bond motifs is 14. The van der Waals surface area contributed by atoms with Gasteiger partial charge >= 0.3 is 0 Å². The zero-order valence-electron chi connectivity index (χ0n) is 63.3. The van der Waals surface area contributed by atoms with Gasteiger partial charge in [-0.15, -0.1) is 0 Å². The van der Waals surface area contributed by atoms with Crippen LogP contribution in [-0.4, -0.2) is 0 Å². The predicted octanol–water partition coefficient (Wildman–Crippen LogP) is 33.7. The van der Waals surface area contributed by atoms with Gasteiger partial charge in [0.05, 0.1) is 0 Å². The van der Waals surface area contributed by atoms with Crippen molar-refractivity contribution in [1.29, 1.82) is 0 Å². The molecule has 0 nitrogen and oxygen atoms in total. The van der Waals surface area contributed by atoms with Gasteiger partial charge in [-0.2, -0.15) is 0 Å². The van der Waals surface area contributed by atoms with E-state index in [-0.39, 0.29) is 10.8 Å². The van der Waals surface area contributed by atoms with Crippen LogP contribution in [0.2, 0.25) is 0 Å². The maximum absolute atomic E-state index is 3.75. The van der Waals surface area contributed by atoms with Crippen molar-refractivity contribution < 1.29 is 0 Å². The van der Waals surface area contributed by atoms with Crippen LogP contribution in [0.15, 0.2) is 342 Å². The molecule has 18 aromatic carbocycles. The molecule has 0 N–H and O–H groups in total. The van der Waals surface area contributed by atoms with Gasteiger partial charge in [-0.3, -0.25) is 0 Å². The molecule has 0 aliphatic heterocycles. The van der Waals surface area contributed by atoms with Gasteiger partial charge < -0.3 is 0 Å². The molecule has 20 rings (SSSR count). The lowest BCUT2D eigenvalue weighted by molar-refractivity contribution is 0.659. The minimum Gasteiger partial charge on any atom is -0.0616 e. The Morgan fingerprint density at radius 3 is 0.745 bits per heavy atom. The van der Waals surface area contributed by atoms with Gasteiger partial charge in [0.25, 0.3) is 0 Å². The van der Waals surface area contributed by atoms with E-state index in [9.17, 15) is 0 Å². The third-order valence-electron chi connectivity index (χ3n) is 22.4. The SMILES string of the molecule is Brc1c2ccccc2c(Br)c2ccccc12.Brc1ccc2ccccc2c1-c1c(Br)ccc2ccccc12.CC1(C)c2cc(Br)ccc2-c2ccc(Br)cc21.Cc1c2ccccc2c(C)c2ccccc12.Cc1ccc2c(c1)C(C)(C)c1cc(C)ccc1-2.Cc1ccc2ccccc2c1-c1c(C)ccc2ccccc12. The van der Waals surface area contributed by atoms with E-state index >= 15 is 0 Å². The Kier molecular flexibility index (Phi) is 22.2. The van der Waals surface area contributed by atoms with Crippen LogP contribution < -0.4 is 0 Å². The molecule has 540 valence electrons. The lowest BCUT2D eigenvalue weighted by atomic mass is 9.81. The standard InChI is InChI=1S/C22H18.C20H12Br2.C17H18.C16H14.C15H12Br2.C14H8Br2/c1-15-11-13-17-7-3-5-9-19(17)21(15)22-16(2)12-14-18-8-4-6-10-20(18)22;21-17-11-9-13-5-1-3-7-15(13)19(17)20-16-8-4-2-6-14(16)10-12-18(20)22;1-11-5-7-13-14-8-6-12(2)10-16(14)17(3,4)15(13)9-11;1-11-13-7-3-5-9-15(13)12(2)16-10-6-4-8-14(11)16;1-15(2)13-7-9(16)3-5-11(13)12-6-4-10(17)8-14(12)15;15-13-9-5-1-2-6-10(9)14(16)12-8-4-3-7-11(12)13/h3-14H,1-2H3;1-12H;5-10H,1-4H3;3-10H,1-2H3;3-8H,1-2H3;1-8H. The fourth-order valence-corrected chi connectivity index (χ4v) is 19.8. The van der Waals surface area contributed by atoms with Crippen LogP contribution in [0.5, 0.6) is 0 Å². The van der Waals surface area contributed by atoms with Crippen LogP contribution in [0, 0.1) is 41.5 Å². The van der Waals surface area contributed by atoms with Gasteiger partial charge in [-0.1, -0.05) is 382 Å². The summed E-state index contributed by atoms with van der Waals surface area (Å²) >= 11 is 22.0. The third kappa shape index (κ3) is 14.6. The van der Waals surface area contributed by atoms with E-state index in [0.717, 1.165) is 17.9 Å². The van der Waals surface area contributed by atoms with Crippen LogP contribution in [0.4, 0.5) is 0 Å². The van der Waals surface area contributed by atoms with E-state index in [4.69, 9.17) is 0 Å². The first kappa shape index (κ1) is 76.3. The van der Waals surface area contributed by atoms with Crippen LogP contribution in [0.25, 0.3) is 131 Å². The third-order valence-corrected chi connectivity index (χ3v) is 26.4. The molecule has 0 fully saturated rings. The topological polar surface area (TPSA) is 0 Å². The van der Waals surface area contributed by atoms with Crippen molar-refractivity contribution in [3.63, 3.8) is 0 Å². The number of halogens is 6. The average molecular weight is 1810 g/mol. The van der Waals surface area contributed by atoms with Crippen molar-refractivity contribution in [1.82, 2.24) is 0 Å². The Morgan fingerprint density at radius 1 is 0.209 bits per heavy atom. The maximum Gasteiger partial charge on any atom is 0.0332 e. The molecular weight excluding hydrogens is 1730 g/mol. The van der Waals surface area contributed by atoms with E-state index in [2.05, 4.69) is 480 Å². The quantitative estimate of drug-likeness (QED) is 0.151. The fraction of sp³-hybridized carbons (Fsp3) is 0.115. The van der Waals surface area contributed by atoms with E-state index < -0.39 is 0 Å². The lowest BCUT2D eigenvalue weighted by Crippen LogP contribution is -2.15. The molecule has 6 heteroatoms. The maximum atomic E-state index is 3.75. The van der Waals surface area contributed by atoms with Gasteiger partial charge in [-0.05, 0) is 274 Å². The summed E-state index contributed by atoms with van der Waals surface area (Å²) in [5, 5.41) is 20.8. The van der Waals surface area contributed by atoms with E-state index in [1.165, 1.54) is 195 Å². The zero-order valence-corrected chi connectivity index (χ0v) is 72.8. The first-order valence-corrected chi connectivity index (χ1v) is 42.1. The largest absolute Gasteiger partial charge is 0.0616 e. The second-order valence-corrected chi connectivity index (χ2v) is 35.2. The van der Waals surface area contributed by atoms with E-state index in [1.807, 2.05) is 0 Å². The second kappa shape index (κ2) is 32.0. The first-order valence-electron chi connectivity index (χ1n) is 37.3. The normalized spacial score (nSPS) is 12.5. The van der Waals surface area contributed by atoms with Crippen LogP contribution >= 0.6 is 95.6 Å². The van der Waals surface area contributed by atoms with Crippen LogP contribution in [0.3, 0.4) is 0 Å². The van der Waals surface area contributed by atoms with Crippen molar-refractivity contribution in [2.45, 2.75) is 80.1 Å². The van der Waals surface area contributed by atoms with Gasteiger partial charge in [0.1, 0.15) is 0 Å².